The summed E-state index contributed by atoms with van der Waals surface area (Å²) in [4.78, 5) is 10.0. The molecule has 0 saturated carbocycles. The molecule has 2 heterocycles. The predicted octanol–water partition coefficient (Wildman–Crippen LogP) is 2.56. The third-order valence-corrected chi connectivity index (χ3v) is 4.08. The van der Waals surface area contributed by atoms with Crippen molar-refractivity contribution in [3.05, 3.63) is 44.6 Å². The summed E-state index contributed by atoms with van der Waals surface area (Å²) in [6.07, 6.45) is 2.35. The number of rotatable bonds is 4. The van der Waals surface area contributed by atoms with Crippen LogP contribution in [0.15, 0.2) is 18.3 Å². The van der Waals surface area contributed by atoms with Crippen molar-refractivity contribution in [3.8, 4) is 0 Å². The minimum atomic E-state index is -0.0489. The molecule has 1 unspecified atom stereocenters. The molecular weight excluding hydrogens is 268 g/mol. The van der Waals surface area contributed by atoms with Crippen molar-refractivity contribution in [3.63, 3.8) is 0 Å². The second-order valence-electron chi connectivity index (χ2n) is 4.07. The lowest BCUT2D eigenvalue weighted by Gasteiger charge is -2.13. The maximum Gasteiger partial charge on any atom is 0.0950 e. The van der Waals surface area contributed by atoms with Crippen LogP contribution in [0.5, 0.6) is 0 Å². The number of nitrogens with one attached hydrogen (secondary N) is 1. The number of nitrogens with two attached hydrogens (primary N) is 1. The first kappa shape index (κ1) is 13.4. The van der Waals surface area contributed by atoms with E-state index in [0.717, 1.165) is 22.8 Å². The van der Waals surface area contributed by atoms with Crippen LogP contribution in [-0.4, -0.2) is 9.97 Å². The number of hydrogen-bond donors (Lipinski definition) is 2. The Balaban J connectivity index is 2.16. The van der Waals surface area contributed by atoms with Crippen LogP contribution in [0.1, 0.15) is 27.3 Å². The Labute approximate surface area is 115 Å². The maximum absolute atomic E-state index is 5.82. The minimum absolute atomic E-state index is 0.0489. The maximum atomic E-state index is 5.82. The topological polar surface area (TPSA) is 63.8 Å². The molecule has 0 aliphatic carbocycles. The van der Waals surface area contributed by atoms with Gasteiger partial charge in [0.2, 0.25) is 0 Å². The average molecular weight is 283 g/mol. The number of aryl methyl sites for hydroxylation is 2. The van der Waals surface area contributed by atoms with E-state index >= 15 is 0 Å². The summed E-state index contributed by atoms with van der Waals surface area (Å²) >= 11 is 7.51. The zero-order valence-electron chi connectivity index (χ0n) is 10.3. The SMILES string of the molecule is Cc1nc(CC(NN)c2ccc(Cl)cn2)sc1C. The summed E-state index contributed by atoms with van der Waals surface area (Å²) in [6, 6.07) is 3.64. The summed E-state index contributed by atoms with van der Waals surface area (Å²) in [7, 11) is 0. The third-order valence-electron chi connectivity index (χ3n) is 2.76. The fourth-order valence-corrected chi connectivity index (χ4v) is 2.73. The molecule has 2 aromatic rings. The predicted molar refractivity (Wildman–Crippen MR) is 74.6 cm³/mol. The second-order valence-corrected chi connectivity index (χ2v) is 5.80. The van der Waals surface area contributed by atoms with Crippen molar-refractivity contribution in [2.45, 2.75) is 26.3 Å². The number of aromatic nitrogens is 2. The first-order valence-corrected chi connectivity index (χ1v) is 6.80. The van der Waals surface area contributed by atoms with Crippen molar-refractivity contribution in [2.24, 2.45) is 5.84 Å². The first-order valence-electron chi connectivity index (χ1n) is 5.60. The molecular formula is C12H15ClN4S. The Morgan fingerprint density at radius 3 is 2.72 bits per heavy atom. The van der Waals surface area contributed by atoms with Crippen LogP contribution in [0.4, 0.5) is 0 Å². The van der Waals surface area contributed by atoms with Crippen LogP contribution in [-0.2, 0) is 6.42 Å². The van der Waals surface area contributed by atoms with Gasteiger partial charge in [-0.15, -0.1) is 11.3 Å². The zero-order valence-corrected chi connectivity index (χ0v) is 11.8. The lowest BCUT2D eigenvalue weighted by molar-refractivity contribution is 0.537. The van der Waals surface area contributed by atoms with Crippen molar-refractivity contribution in [1.82, 2.24) is 15.4 Å². The number of thiazole rings is 1. The van der Waals surface area contributed by atoms with Gasteiger partial charge >= 0.3 is 0 Å². The van der Waals surface area contributed by atoms with Crippen LogP contribution in [0.2, 0.25) is 5.02 Å². The number of nitrogens with zero attached hydrogens (tertiary/aromatic N) is 2. The van der Waals surface area contributed by atoms with Crippen molar-refractivity contribution >= 4 is 22.9 Å². The van der Waals surface area contributed by atoms with Gasteiger partial charge in [0.15, 0.2) is 0 Å². The molecule has 3 N–H and O–H groups in total. The third kappa shape index (κ3) is 3.05. The zero-order chi connectivity index (χ0) is 13.1. The number of halogens is 1. The second kappa shape index (κ2) is 5.75. The molecule has 6 heteroatoms. The number of pyridine rings is 1. The smallest absolute Gasteiger partial charge is 0.0950 e. The standard InChI is InChI=1S/C12H15ClN4S/c1-7-8(2)18-12(16-7)5-11(17-14)10-4-3-9(13)6-15-10/h3-4,6,11,17H,5,14H2,1-2H3. The molecule has 96 valence electrons. The van der Waals surface area contributed by atoms with Gasteiger partial charge in [0, 0.05) is 17.5 Å². The van der Waals surface area contributed by atoms with E-state index in [1.54, 1.807) is 17.5 Å². The van der Waals surface area contributed by atoms with Crippen LogP contribution in [0, 0.1) is 13.8 Å². The van der Waals surface area contributed by atoms with Gasteiger partial charge in [-0.2, -0.15) is 0 Å². The van der Waals surface area contributed by atoms with E-state index in [1.165, 1.54) is 4.88 Å². The van der Waals surface area contributed by atoms with Crippen molar-refractivity contribution < 1.29 is 0 Å². The molecule has 1 atom stereocenters. The Hall–Kier alpha value is -1.01. The van der Waals surface area contributed by atoms with Gasteiger partial charge in [-0.05, 0) is 26.0 Å². The monoisotopic (exact) mass is 282 g/mol. The van der Waals surface area contributed by atoms with Crippen LogP contribution in [0.25, 0.3) is 0 Å². The fourth-order valence-electron chi connectivity index (χ4n) is 1.64. The van der Waals surface area contributed by atoms with E-state index in [1.807, 2.05) is 19.1 Å². The summed E-state index contributed by atoms with van der Waals surface area (Å²) in [5.41, 5.74) is 4.72. The van der Waals surface area contributed by atoms with E-state index in [2.05, 4.69) is 22.3 Å². The number of hydrazine groups is 1. The van der Waals surface area contributed by atoms with Crippen LogP contribution in [0.3, 0.4) is 0 Å². The van der Waals surface area contributed by atoms with E-state index in [4.69, 9.17) is 17.4 Å². The summed E-state index contributed by atoms with van der Waals surface area (Å²) < 4.78 is 0. The van der Waals surface area contributed by atoms with Gasteiger partial charge in [0.25, 0.3) is 0 Å². The largest absolute Gasteiger partial charge is 0.271 e. The molecule has 4 nitrogen and oxygen atoms in total. The van der Waals surface area contributed by atoms with Gasteiger partial charge in [0.05, 0.1) is 27.5 Å². The molecule has 2 rings (SSSR count). The van der Waals surface area contributed by atoms with E-state index in [-0.39, 0.29) is 6.04 Å². The molecule has 0 fully saturated rings. The highest BCUT2D eigenvalue weighted by atomic mass is 35.5. The molecule has 18 heavy (non-hydrogen) atoms. The Kier molecular flexibility index (Phi) is 4.29. The highest BCUT2D eigenvalue weighted by Crippen LogP contribution is 2.22. The molecule has 2 aromatic heterocycles. The summed E-state index contributed by atoms with van der Waals surface area (Å²) in [5, 5.41) is 1.68. The fraction of sp³-hybridized carbons (Fsp3) is 0.333. The van der Waals surface area contributed by atoms with E-state index < -0.39 is 0 Å². The van der Waals surface area contributed by atoms with Gasteiger partial charge in [-0.25, -0.2) is 4.98 Å². The highest BCUT2D eigenvalue weighted by molar-refractivity contribution is 7.11. The molecule has 0 amide bonds. The quantitative estimate of drug-likeness (QED) is 0.668. The van der Waals surface area contributed by atoms with Crippen LogP contribution < -0.4 is 11.3 Å². The molecule has 0 aromatic carbocycles. The minimum Gasteiger partial charge on any atom is -0.271 e. The first-order chi connectivity index (χ1) is 8.60. The van der Waals surface area contributed by atoms with Crippen molar-refractivity contribution in [2.75, 3.05) is 0 Å². The molecule has 0 radical (unpaired) electrons. The van der Waals surface area contributed by atoms with E-state index in [9.17, 15) is 0 Å². The van der Waals surface area contributed by atoms with Crippen LogP contribution >= 0.6 is 22.9 Å². The summed E-state index contributed by atoms with van der Waals surface area (Å²) in [5.74, 6) is 5.59. The van der Waals surface area contributed by atoms with Crippen molar-refractivity contribution in [1.29, 1.82) is 0 Å². The van der Waals surface area contributed by atoms with Gasteiger partial charge in [0.1, 0.15) is 0 Å². The Morgan fingerprint density at radius 1 is 1.44 bits per heavy atom. The molecule has 0 spiro atoms. The normalized spacial score (nSPS) is 12.7. The Morgan fingerprint density at radius 2 is 2.22 bits per heavy atom. The van der Waals surface area contributed by atoms with E-state index in [0.29, 0.717) is 5.02 Å². The summed E-state index contributed by atoms with van der Waals surface area (Å²) in [6.45, 7) is 4.09. The average Bonchev–Trinajstić information content (AvgIpc) is 2.67. The van der Waals surface area contributed by atoms with Gasteiger partial charge in [-0.1, -0.05) is 11.6 Å². The molecule has 0 bridgehead atoms. The highest BCUT2D eigenvalue weighted by Gasteiger charge is 2.15. The molecule has 0 aliphatic rings. The lowest BCUT2D eigenvalue weighted by atomic mass is 10.1. The lowest BCUT2D eigenvalue weighted by Crippen LogP contribution is -2.30. The Bertz CT molecular complexity index is 504. The molecule has 0 aliphatic heterocycles. The molecule has 0 saturated heterocycles. The number of hydrogen-bond acceptors (Lipinski definition) is 5. The van der Waals surface area contributed by atoms with Gasteiger partial charge < -0.3 is 0 Å². The van der Waals surface area contributed by atoms with Gasteiger partial charge in [-0.3, -0.25) is 16.3 Å².